The number of hydrogen-bond acceptors (Lipinski definition) is 2. The number of imidazole rings is 1. The molecular weight excluding hydrogens is 487 g/mol. The van der Waals surface area contributed by atoms with Crippen molar-refractivity contribution in [2.24, 2.45) is 0 Å². The maximum atomic E-state index is 12.9. The number of benzene rings is 2. The van der Waals surface area contributed by atoms with Gasteiger partial charge in [-0.2, -0.15) is 0 Å². The highest BCUT2D eigenvalue weighted by molar-refractivity contribution is 6.42. The molecule has 2 heterocycles. The number of carbonyl (C=O) groups is 1. The van der Waals surface area contributed by atoms with Gasteiger partial charge in [0.25, 0.3) is 0 Å². The summed E-state index contributed by atoms with van der Waals surface area (Å²) in [6, 6.07) is 12.8. The molecule has 1 saturated heterocycles. The van der Waals surface area contributed by atoms with Crippen LogP contribution < -0.4 is 27.5 Å². The molecule has 160 valence electrons. The van der Waals surface area contributed by atoms with Gasteiger partial charge in [0.2, 0.25) is 5.62 Å². The lowest BCUT2D eigenvalue weighted by atomic mass is 10.1. The highest BCUT2D eigenvalue weighted by Gasteiger charge is 2.18. The van der Waals surface area contributed by atoms with Crippen LogP contribution in [0, 0.1) is 5.41 Å². The van der Waals surface area contributed by atoms with E-state index in [1.165, 1.54) is 32.4 Å². The Balaban J connectivity index is 0.00000256. The number of nitrogens with zero attached hydrogens (tertiary/aromatic N) is 2. The third-order valence-electron chi connectivity index (χ3n) is 5.77. The number of Topliss-reactive ketones (excluding diaryl/α,β-unsaturated/α-hetero) is 1. The fourth-order valence-electron chi connectivity index (χ4n) is 4.16. The number of likely N-dealkylation sites (tertiary alicyclic amines) is 1. The third kappa shape index (κ3) is 4.83. The Hall–Kier alpha value is -1.60. The van der Waals surface area contributed by atoms with E-state index in [1.807, 2.05) is 28.8 Å². The van der Waals surface area contributed by atoms with Crippen molar-refractivity contribution in [3.63, 3.8) is 0 Å². The first-order valence-corrected chi connectivity index (χ1v) is 10.8. The Kier molecular flexibility index (Phi) is 7.80. The second-order valence-electron chi connectivity index (χ2n) is 7.66. The Morgan fingerprint density at radius 1 is 0.967 bits per heavy atom. The number of ketones is 1. The van der Waals surface area contributed by atoms with Crippen molar-refractivity contribution in [1.82, 2.24) is 9.13 Å². The van der Waals surface area contributed by atoms with Gasteiger partial charge in [-0.25, -0.2) is 0 Å². The van der Waals surface area contributed by atoms with Crippen molar-refractivity contribution in [3.8, 4) is 0 Å². The van der Waals surface area contributed by atoms with Crippen LogP contribution in [0.4, 0.5) is 0 Å². The van der Waals surface area contributed by atoms with Gasteiger partial charge < -0.3 is 31.0 Å². The Morgan fingerprint density at radius 2 is 1.63 bits per heavy atom. The molecule has 0 atom stereocenters. The zero-order valence-corrected chi connectivity index (χ0v) is 19.7. The van der Waals surface area contributed by atoms with Gasteiger partial charge in [-0.15, -0.1) is 0 Å². The van der Waals surface area contributed by atoms with Crippen LogP contribution in [0.5, 0.6) is 0 Å². The predicted octanol–water partition coefficient (Wildman–Crippen LogP) is 0.185. The number of hydrogen-bond donors (Lipinski definition) is 2. The van der Waals surface area contributed by atoms with Gasteiger partial charge >= 0.3 is 0 Å². The Morgan fingerprint density at radius 3 is 2.30 bits per heavy atom. The molecule has 0 amide bonds. The smallest absolute Gasteiger partial charge is 0.203 e. The molecule has 3 aromatic rings. The first-order chi connectivity index (χ1) is 14.0. The van der Waals surface area contributed by atoms with Crippen LogP contribution in [-0.2, 0) is 13.1 Å². The minimum Gasteiger partial charge on any atom is -1.00 e. The molecule has 1 aromatic heterocycles. The standard InChI is InChI=1S/C22H24Cl2N4O.BrH/c23-17-9-8-16(14-18(17)24)21(29)15-28-20-7-3-2-6-19(20)27(22(28)25)13-12-26-10-4-1-5-11-26;/h2-3,6-9,14,25H,1,4-5,10-13,15H2;1H. The zero-order valence-electron chi connectivity index (χ0n) is 16.6. The fraction of sp³-hybridized carbons (Fsp3) is 0.364. The molecule has 2 aromatic carbocycles. The molecule has 0 saturated carbocycles. The summed E-state index contributed by atoms with van der Waals surface area (Å²) < 4.78 is 3.81. The van der Waals surface area contributed by atoms with Gasteiger partial charge in [0.05, 0.1) is 53.8 Å². The van der Waals surface area contributed by atoms with E-state index in [2.05, 4.69) is 0 Å². The second-order valence-corrected chi connectivity index (χ2v) is 8.48. The van der Waals surface area contributed by atoms with Gasteiger partial charge in [0, 0.05) is 5.56 Å². The Bertz CT molecular complexity index is 1100. The predicted molar refractivity (Wildman–Crippen MR) is 116 cm³/mol. The summed E-state index contributed by atoms with van der Waals surface area (Å²) in [6.07, 6.45) is 3.90. The van der Waals surface area contributed by atoms with E-state index >= 15 is 0 Å². The molecule has 1 aliphatic heterocycles. The molecule has 0 spiro atoms. The van der Waals surface area contributed by atoms with E-state index in [9.17, 15) is 4.79 Å². The van der Waals surface area contributed by atoms with E-state index in [-0.39, 0.29) is 29.3 Å². The molecule has 4 rings (SSSR count). The number of para-hydroxylation sites is 2. The molecule has 5 nitrogen and oxygen atoms in total. The van der Waals surface area contributed by atoms with Gasteiger partial charge in [-0.05, 0) is 49.6 Å². The lowest BCUT2D eigenvalue weighted by Gasteiger charge is -2.23. The van der Waals surface area contributed by atoms with E-state index < -0.39 is 0 Å². The highest BCUT2D eigenvalue weighted by atomic mass is 79.9. The summed E-state index contributed by atoms with van der Waals surface area (Å²) in [5, 5.41) is 9.53. The molecule has 0 bridgehead atoms. The third-order valence-corrected chi connectivity index (χ3v) is 6.51. The summed E-state index contributed by atoms with van der Waals surface area (Å²) >= 11 is 12.0. The summed E-state index contributed by atoms with van der Waals surface area (Å²) in [7, 11) is 0. The van der Waals surface area contributed by atoms with Crippen molar-refractivity contribution in [1.29, 1.82) is 5.41 Å². The first-order valence-electron chi connectivity index (χ1n) is 10.1. The molecule has 0 radical (unpaired) electrons. The molecule has 1 fully saturated rings. The summed E-state index contributed by atoms with van der Waals surface area (Å²) in [4.78, 5) is 14.5. The van der Waals surface area contributed by atoms with Gasteiger partial charge in [-0.1, -0.05) is 35.3 Å². The lowest BCUT2D eigenvalue weighted by Crippen LogP contribution is -3.13. The first kappa shape index (κ1) is 23.1. The van der Waals surface area contributed by atoms with Crippen LogP contribution in [0.1, 0.15) is 29.6 Å². The molecule has 0 unspecified atom stereocenters. The van der Waals surface area contributed by atoms with Crippen LogP contribution in [0.25, 0.3) is 11.0 Å². The molecular formula is C22H25BrCl2N4O. The number of fused-ring (bicyclic) bond motifs is 1. The van der Waals surface area contributed by atoms with E-state index in [0.29, 0.717) is 21.2 Å². The van der Waals surface area contributed by atoms with Gasteiger partial charge in [0.15, 0.2) is 5.78 Å². The van der Waals surface area contributed by atoms with Crippen molar-refractivity contribution >= 4 is 40.0 Å². The monoisotopic (exact) mass is 510 g/mol. The molecule has 0 aliphatic carbocycles. The zero-order chi connectivity index (χ0) is 20.4. The molecule has 8 heteroatoms. The van der Waals surface area contributed by atoms with Crippen LogP contribution in [0.15, 0.2) is 42.5 Å². The SMILES string of the molecule is N=c1n(CC[NH+]2CCCCC2)c2ccccc2n1CC(=O)c1ccc(Cl)c(Cl)c1.[Br-]. The fourth-order valence-corrected chi connectivity index (χ4v) is 4.46. The number of carbonyl (C=O) groups excluding carboxylic acids is 1. The van der Waals surface area contributed by atoms with Crippen LogP contribution in [0.2, 0.25) is 10.0 Å². The average Bonchev–Trinajstić information content (AvgIpc) is 3.00. The number of quaternary nitrogens is 1. The van der Waals surface area contributed by atoms with Gasteiger partial charge in [-0.3, -0.25) is 10.2 Å². The van der Waals surface area contributed by atoms with Crippen molar-refractivity contribution < 1.29 is 26.7 Å². The number of aromatic nitrogens is 2. The summed E-state index contributed by atoms with van der Waals surface area (Å²) in [5.41, 5.74) is 2.76. The van der Waals surface area contributed by atoms with Crippen LogP contribution >= 0.6 is 23.2 Å². The summed E-state index contributed by atoms with van der Waals surface area (Å²) in [6.45, 7) is 4.31. The topological polar surface area (TPSA) is 55.2 Å². The highest BCUT2D eigenvalue weighted by Crippen LogP contribution is 2.23. The molecule has 1 aliphatic rings. The maximum absolute atomic E-state index is 12.9. The van der Waals surface area contributed by atoms with Crippen LogP contribution in [-0.4, -0.2) is 34.6 Å². The van der Waals surface area contributed by atoms with E-state index in [0.717, 1.165) is 24.1 Å². The largest absolute Gasteiger partial charge is 1.00 e. The van der Waals surface area contributed by atoms with Crippen molar-refractivity contribution in [2.75, 3.05) is 19.6 Å². The lowest BCUT2D eigenvalue weighted by molar-refractivity contribution is -0.905. The summed E-state index contributed by atoms with van der Waals surface area (Å²) in [5.74, 6) is -0.0911. The van der Waals surface area contributed by atoms with Crippen molar-refractivity contribution in [2.45, 2.75) is 32.4 Å². The number of piperidine rings is 1. The second kappa shape index (κ2) is 10.1. The minimum absolute atomic E-state index is 0. The number of rotatable bonds is 6. The Labute approximate surface area is 196 Å². The van der Waals surface area contributed by atoms with E-state index in [4.69, 9.17) is 28.6 Å². The quantitative estimate of drug-likeness (QED) is 0.456. The molecule has 2 N–H and O–H groups in total. The minimum atomic E-state index is -0.0911. The van der Waals surface area contributed by atoms with E-state index in [1.54, 1.807) is 27.7 Å². The average molecular weight is 512 g/mol. The van der Waals surface area contributed by atoms with Crippen molar-refractivity contribution in [3.05, 3.63) is 63.7 Å². The normalized spacial score (nSPS) is 14.6. The van der Waals surface area contributed by atoms with Crippen LogP contribution in [0.3, 0.4) is 0 Å². The number of nitrogens with one attached hydrogen (secondary N) is 2. The van der Waals surface area contributed by atoms with Gasteiger partial charge in [0.1, 0.15) is 0 Å². The molecule has 30 heavy (non-hydrogen) atoms. The number of halogens is 3. The maximum Gasteiger partial charge on any atom is 0.203 e.